The first-order valence-electron chi connectivity index (χ1n) is 9.49. The summed E-state index contributed by atoms with van der Waals surface area (Å²) >= 11 is 0. The van der Waals surface area contributed by atoms with Crippen molar-refractivity contribution >= 4 is 11.8 Å². The number of hydrogen-bond donors (Lipinski definition) is 3. The highest BCUT2D eigenvalue weighted by Gasteiger charge is 2.38. The number of rotatable bonds is 7. The molecule has 0 spiro atoms. The van der Waals surface area contributed by atoms with Gasteiger partial charge in [-0.25, -0.2) is 0 Å². The summed E-state index contributed by atoms with van der Waals surface area (Å²) < 4.78 is 5.33. The van der Waals surface area contributed by atoms with Crippen LogP contribution >= 0.6 is 0 Å². The predicted octanol–water partition coefficient (Wildman–Crippen LogP) is 0.920. The van der Waals surface area contributed by atoms with Gasteiger partial charge >= 0.3 is 0 Å². The molecule has 0 aromatic rings. The lowest BCUT2D eigenvalue weighted by molar-refractivity contribution is -0.145. The lowest BCUT2D eigenvalue weighted by atomic mass is 9.86. The van der Waals surface area contributed by atoms with Crippen molar-refractivity contribution in [3.63, 3.8) is 0 Å². The molecule has 0 radical (unpaired) electrons. The van der Waals surface area contributed by atoms with Gasteiger partial charge in [0.1, 0.15) is 5.54 Å². The normalized spacial score (nSPS) is 21.4. The summed E-state index contributed by atoms with van der Waals surface area (Å²) in [5.41, 5.74) is 1.34. The molecule has 8 heteroatoms. The molecule has 1 fully saturated rings. The summed E-state index contributed by atoms with van der Waals surface area (Å²) in [6, 6.07) is -0.228. The van der Waals surface area contributed by atoms with Crippen molar-refractivity contribution < 1.29 is 24.3 Å². The van der Waals surface area contributed by atoms with Gasteiger partial charge in [0.2, 0.25) is 11.8 Å². The van der Waals surface area contributed by atoms with Crippen LogP contribution < -0.4 is 10.8 Å². The zero-order chi connectivity index (χ0) is 20.2. The average molecular weight is 383 g/mol. The van der Waals surface area contributed by atoms with E-state index in [4.69, 9.17) is 9.57 Å². The van der Waals surface area contributed by atoms with Gasteiger partial charge in [0, 0.05) is 32.1 Å². The van der Waals surface area contributed by atoms with E-state index in [1.165, 1.54) is 4.90 Å². The van der Waals surface area contributed by atoms with E-state index in [2.05, 4.69) is 10.8 Å². The number of hydroxylamine groups is 1. The molecule has 0 aliphatic carbocycles. The van der Waals surface area contributed by atoms with Crippen LogP contribution in [0.1, 0.15) is 47.0 Å². The topological polar surface area (TPSA) is 100 Å². The number of ether oxygens (including phenoxy) is 1. The third kappa shape index (κ3) is 5.21. The monoisotopic (exact) mass is 383 g/mol. The number of carbonyl (C=O) groups excluding carboxylic acids is 2. The van der Waals surface area contributed by atoms with Crippen molar-refractivity contribution in [3.8, 4) is 0 Å². The fourth-order valence-electron chi connectivity index (χ4n) is 2.96. The maximum Gasteiger partial charge on any atom is 0.252 e. The molecule has 1 saturated heterocycles. The molecule has 27 heavy (non-hydrogen) atoms. The number of likely N-dealkylation sites (N-methyl/N-ethyl adjacent to an activating group) is 1. The number of aliphatic hydroxyl groups is 1. The zero-order valence-electron chi connectivity index (χ0n) is 17.0. The molecular weight excluding hydrogens is 350 g/mol. The minimum Gasteiger partial charge on any atom is -0.396 e. The van der Waals surface area contributed by atoms with Gasteiger partial charge in [-0.3, -0.25) is 14.9 Å². The minimum absolute atomic E-state index is 0.0271. The van der Waals surface area contributed by atoms with Crippen molar-refractivity contribution in [2.45, 2.75) is 58.5 Å². The van der Waals surface area contributed by atoms with E-state index >= 15 is 0 Å². The lowest BCUT2D eigenvalue weighted by Crippen LogP contribution is -2.55. The van der Waals surface area contributed by atoms with E-state index in [0.29, 0.717) is 25.6 Å². The number of amides is 2. The Morgan fingerprint density at radius 3 is 2.52 bits per heavy atom. The number of nitrogens with one attached hydrogen (secondary N) is 2. The van der Waals surface area contributed by atoms with Crippen molar-refractivity contribution in [1.29, 1.82) is 0 Å². The zero-order valence-corrected chi connectivity index (χ0v) is 17.0. The molecule has 2 rings (SSSR count). The molecule has 8 nitrogen and oxygen atoms in total. The second-order valence-electron chi connectivity index (χ2n) is 8.60. The highest BCUT2D eigenvalue weighted by atomic mass is 16.7. The van der Waals surface area contributed by atoms with Crippen LogP contribution in [-0.2, 0) is 19.2 Å². The fourth-order valence-corrected chi connectivity index (χ4v) is 2.96. The van der Waals surface area contributed by atoms with Gasteiger partial charge in [-0.05, 0) is 38.7 Å². The van der Waals surface area contributed by atoms with Crippen LogP contribution in [0, 0.1) is 11.3 Å². The quantitative estimate of drug-likeness (QED) is 0.605. The number of aliphatic hydroxyl groups excluding tert-OH is 1. The molecule has 154 valence electrons. The van der Waals surface area contributed by atoms with E-state index in [1.807, 2.05) is 13.8 Å². The van der Waals surface area contributed by atoms with Gasteiger partial charge in [-0.1, -0.05) is 13.8 Å². The molecule has 0 aromatic heterocycles. The maximum atomic E-state index is 12.8. The highest BCUT2D eigenvalue weighted by Crippen LogP contribution is 2.26. The van der Waals surface area contributed by atoms with Crippen LogP contribution in [0.3, 0.4) is 0 Å². The molecule has 2 aliphatic rings. The first-order valence-corrected chi connectivity index (χ1v) is 9.49. The van der Waals surface area contributed by atoms with E-state index < -0.39 is 11.0 Å². The lowest BCUT2D eigenvalue weighted by Gasteiger charge is -2.35. The Kier molecular flexibility index (Phi) is 6.88. The fraction of sp³-hybridized carbons (Fsp3) is 0.789. The molecular formula is C19H33N3O5. The van der Waals surface area contributed by atoms with Crippen LogP contribution in [0.2, 0.25) is 0 Å². The first-order chi connectivity index (χ1) is 12.6. The summed E-state index contributed by atoms with van der Waals surface area (Å²) in [6.45, 7) is 8.56. The maximum absolute atomic E-state index is 12.8. The predicted molar refractivity (Wildman–Crippen MR) is 100 cm³/mol. The third-order valence-electron chi connectivity index (χ3n) is 5.67. The molecule has 1 atom stereocenters. The molecule has 1 unspecified atom stereocenters. The van der Waals surface area contributed by atoms with E-state index in [9.17, 15) is 14.7 Å². The van der Waals surface area contributed by atoms with Crippen molar-refractivity contribution in [2.24, 2.45) is 11.3 Å². The number of nitrogens with zero attached hydrogens (tertiary/aromatic N) is 1. The second-order valence-corrected chi connectivity index (χ2v) is 8.60. The molecule has 0 saturated carbocycles. The smallest absolute Gasteiger partial charge is 0.252 e. The van der Waals surface area contributed by atoms with Crippen LogP contribution in [0.15, 0.2) is 12.0 Å². The van der Waals surface area contributed by atoms with Gasteiger partial charge in [0.25, 0.3) is 5.91 Å². The van der Waals surface area contributed by atoms with Crippen LogP contribution in [0.4, 0.5) is 0 Å². The Hall–Kier alpha value is -1.64. The van der Waals surface area contributed by atoms with Gasteiger partial charge in [0.05, 0.1) is 12.6 Å². The van der Waals surface area contributed by atoms with Crippen molar-refractivity contribution in [2.75, 3.05) is 26.9 Å². The Morgan fingerprint density at radius 2 is 1.93 bits per heavy atom. The Labute approximate surface area is 161 Å². The van der Waals surface area contributed by atoms with Gasteiger partial charge < -0.3 is 19.6 Å². The molecule has 0 aromatic carbocycles. The second kappa shape index (κ2) is 8.58. The standard InChI is InChI=1S/C19H33N3O5/c1-18(2,12-23)14-11-15(27-21-14)20-17(25)19(3,4)22(5)16(24)10-13-6-8-26-9-7-13/h11,13-14,21,23H,6-10,12H2,1-5H3,(H,20,25). The minimum atomic E-state index is -1.03. The third-order valence-corrected chi connectivity index (χ3v) is 5.67. The number of hydrogen-bond acceptors (Lipinski definition) is 6. The molecule has 2 heterocycles. The summed E-state index contributed by atoms with van der Waals surface area (Å²) in [4.78, 5) is 32.2. The summed E-state index contributed by atoms with van der Waals surface area (Å²) in [5.74, 6) is 0.200. The SMILES string of the molecule is CN(C(=O)CC1CCOCC1)C(C)(C)C(=O)NC1=CC(C(C)(C)CO)NO1. The van der Waals surface area contributed by atoms with E-state index in [-0.39, 0.29) is 30.3 Å². The van der Waals surface area contributed by atoms with E-state index in [0.717, 1.165) is 12.8 Å². The van der Waals surface area contributed by atoms with Crippen LogP contribution in [0.25, 0.3) is 0 Å². The molecule has 2 amide bonds. The van der Waals surface area contributed by atoms with Crippen molar-refractivity contribution in [3.05, 3.63) is 12.0 Å². The Morgan fingerprint density at radius 1 is 1.30 bits per heavy atom. The average Bonchev–Trinajstić information content (AvgIpc) is 3.11. The van der Waals surface area contributed by atoms with Gasteiger partial charge in [0.15, 0.2) is 0 Å². The van der Waals surface area contributed by atoms with Crippen LogP contribution in [-0.4, -0.2) is 60.3 Å². The Balaban J connectivity index is 1.95. The van der Waals surface area contributed by atoms with Gasteiger partial charge in [-0.2, -0.15) is 0 Å². The molecule has 0 bridgehead atoms. The first kappa shape index (κ1) is 21.7. The van der Waals surface area contributed by atoms with Gasteiger partial charge in [-0.15, -0.1) is 5.48 Å². The summed E-state index contributed by atoms with van der Waals surface area (Å²) in [5, 5.41) is 12.2. The molecule has 3 N–H and O–H groups in total. The molecule has 2 aliphatic heterocycles. The van der Waals surface area contributed by atoms with E-state index in [1.54, 1.807) is 27.0 Å². The highest BCUT2D eigenvalue weighted by molar-refractivity contribution is 5.91. The largest absolute Gasteiger partial charge is 0.396 e. The summed E-state index contributed by atoms with van der Waals surface area (Å²) in [6.07, 6.45) is 3.90. The summed E-state index contributed by atoms with van der Waals surface area (Å²) in [7, 11) is 1.65. The van der Waals surface area contributed by atoms with Crippen molar-refractivity contribution in [1.82, 2.24) is 15.7 Å². The van der Waals surface area contributed by atoms with Crippen LogP contribution in [0.5, 0.6) is 0 Å². The Bertz CT molecular complexity index is 582. The number of carbonyl (C=O) groups is 2.